The number of hydrogen-bond acceptors (Lipinski definition) is 1. The van der Waals surface area contributed by atoms with E-state index in [2.05, 4.69) is 299 Å². The van der Waals surface area contributed by atoms with Crippen molar-refractivity contribution in [2.45, 2.75) is 0 Å². The molecule has 12 aromatic carbocycles. The number of para-hydroxylation sites is 3. The maximum Gasteiger partial charge on any atom is 0.179 e. The predicted octanol–water partition coefficient (Wildman–Crippen LogP) is 16.4. The van der Waals surface area contributed by atoms with Crippen LogP contribution < -0.4 is 20.7 Å². The molecule has 0 spiro atoms. The summed E-state index contributed by atoms with van der Waals surface area (Å²) in [6, 6.07) is 107. The van der Waals surface area contributed by atoms with Gasteiger partial charge in [0, 0.05) is 69.6 Å². The van der Waals surface area contributed by atoms with Crippen molar-refractivity contribution in [2.75, 3.05) is 0 Å². The highest BCUT2D eigenvalue weighted by atomic mass is 32.1. The number of nitrogens with zero attached hydrogens (tertiary/aromatic N) is 3. The Labute approximate surface area is 450 Å². The topological polar surface area (TPSA) is 14.8 Å². The number of benzene rings is 12. The van der Waals surface area contributed by atoms with Gasteiger partial charge in [0.2, 0.25) is 0 Å². The molecule has 0 aliphatic rings. The van der Waals surface area contributed by atoms with Crippen molar-refractivity contribution in [1.82, 2.24) is 13.7 Å². The Morgan fingerprint density at radius 1 is 0.221 bits per heavy atom. The van der Waals surface area contributed by atoms with E-state index in [4.69, 9.17) is 0 Å². The van der Waals surface area contributed by atoms with Gasteiger partial charge in [-0.05, 0) is 129 Å². The highest BCUT2D eigenvalue weighted by Gasteiger charge is 2.41. The Morgan fingerprint density at radius 2 is 0.584 bits per heavy atom. The van der Waals surface area contributed by atoms with Gasteiger partial charge >= 0.3 is 0 Å². The van der Waals surface area contributed by atoms with E-state index in [9.17, 15) is 0 Å². The quantitative estimate of drug-likeness (QED) is 0.106. The molecule has 5 heteroatoms. The number of aromatic nitrogens is 3. The van der Waals surface area contributed by atoms with Gasteiger partial charge in [-0.25, -0.2) is 0 Å². The lowest BCUT2D eigenvalue weighted by Gasteiger charge is -2.34. The summed E-state index contributed by atoms with van der Waals surface area (Å²) in [5, 5.41) is 15.4. The van der Waals surface area contributed by atoms with E-state index in [0.717, 1.165) is 17.1 Å². The summed E-state index contributed by atoms with van der Waals surface area (Å²) in [6.07, 6.45) is 0. The lowest BCUT2D eigenvalue weighted by atomic mass is 10.0. The Balaban J connectivity index is 0.909. The lowest BCUT2D eigenvalue weighted by molar-refractivity contribution is 1.16. The maximum atomic E-state index is 2.49. The molecule has 0 N–H and O–H groups in total. The standard InChI is InChI=1S/C72H47N3SSi/c1-4-20-53(21-5-1)77(54-22-6-2-7-23-54,55-24-8-3-9-25-55)56-26-18-19-50(45-56)73-67-33-16-12-29-59(67)62-46-51(37-40-69(62)73)75-68-39-35-48(49-36-42-72-64(44-49)60-30-13-17-34-71(60)76-72)43-61(68)63-47-52(38-41-70(63)75)74-65-31-14-10-27-57(65)58-28-11-15-32-66(58)74/h1-47H. The van der Waals surface area contributed by atoms with Crippen LogP contribution in [0.25, 0.3) is 114 Å². The molecule has 77 heavy (non-hydrogen) atoms. The van der Waals surface area contributed by atoms with Crippen molar-refractivity contribution in [1.29, 1.82) is 0 Å². The maximum absolute atomic E-state index is 2.79. The molecule has 0 fully saturated rings. The van der Waals surface area contributed by atoms with Gasteiger partial charge in [0.1, 0.15) is 0 Å². The molecule has 0 bridgehead atoms. The van der Waals surface area contributed by atoms with E-state index in [0.29, 0.717) is 0 Å². The Kier molecular flexibility index (Phi) is 9.83. The largest absolute Gasteiger partial charge is 0.309 e. The first-order valence-electron chi connectivity index (χ1n) is 26.5. The summed E-state index contributed by atoms with van der Waals surface area (Å²) in [4.78, 5) is 0. The van der Waals surface area contributed by atoms with Crippen LogP contribution in [-0.2, 0) is 0 Å². The first kappa shape index (κ1) is 43.8. The van der Waals surface area contributed by atoms with Crippen LogP contribution in [-0.4, -0.2) is 21.8 Å². The molecular formula is C72H47N3SSi. The fourth-order valence-electron chi connectivity index (χ4n) is 13.0. The molecule has 4 heterocycles. The minimum atomic E-state index is -2.79. The summed E-state index contributed by atoms with van der Waals surface area (Å²) in [6.45, 7) is 0. The second-order valence-corrected chi connectivity index (χ2v) is 25.3. The van der Waals surface area contributed by atoms with Crippen molar-refractivity contribution in [3.05, 3.63) is 285 Å². The van der Waals surface area contributed by atoms with Crippen molar-refractivity contribution < 1.29 is 0 Å². The van der Waals surface area contributed by atoms with E-state index in [1.165, 1.54) is 117 Å². The zero-order valence-corrected chi connectivity index (χ0v) is 43.7. The van der Waals surface area contributed by atoms with Gasteiger partial charge in [0.15, 0.2) is 8.07 Å². The van der Waals surface area contributed by atoms with Gasteiger partial charge in [0.05, 0.1) is 33.1 Å². The molecule has 3 nitrogen and oxygen atoms in total. The third-order valence-corrected chi connectivity index (χ3v) is 22.3. The molecule has 0 aliphatic heterocycles. The minimum Gasteiger partial charge on any atom is -0.309 e. The Bertz CT molecular complexity index is 4840. The minimum absolute atomic E-state index is 1.13. The van der Waals surface area contributed by atoms with Gasteiger partial charge in [-0.1, -0.05) is 188 Å². The van der Waals surface area contributed by atoms with Crippen LogP contribution in [0.1, 0.15) is 0 Å². The molecule has 0 saturated heterocycles. The molecule has 0 saturated carbocycles. The second kappa shape index (κ2) is 17.3. The van der Waals surface area contributed by atoms with E-state index in [1.807, 2.05) is 11.3 Å². The van der Waals surface area contributed by atoms with Gasteiger partial charge in [-0.2, -0.15) is 0 Å². The van der Waals surface area contributed by atoms with Gasteiger partial charge < -0.3 is 13.7 Å². The molecule has 0 amide bonds. The summed E-state index contributed by atoms with van der Waals surface area (Å²) in [5.41, 5.74) is 12.9. The molecule has 0 unspecified atom stereocenters. The molecular weight excluding hydrogens is 967 g/mol. The third-order valence-electron chi connectivity index (χ3n) is 16.4. The van der Waals surface area contributed by atoms with Crippen molar-refractivity contribution in [3.63, 3.8) is 0 Å². The smallest absolute Gasteiger partial charge is 0.179 e. The number of fused-ring (bicyclic) bond motifs is 12. The summed E-state index contributed by atoms with van der Waals surface area (Å²) < 4.78 is 10.1. The normalized spacial score (nSPS) is 12.2. The highest BCUT2D eigenvalue weighted by molar-refractivity contribution is 7.25. The molecule has 4 aromatic heterocycles. The van der Waals surface area contributed by atoms with E-state index < -0.39 is 8.07 Å². The molecule has 0 atom stereocenters. The fraction of sp³-hybridized carbons (Fsp3) is 0. The van der Waals surface area contributed by atoms with Gasteiger partial charge in [0.25, 0.3) is 0 Å². The van der Waals surface area contributed by atoms with E-state index in [1.54, 1.807) is 0 Å². The highest BCUT2D eigenvalue weighted by Crippen LogP contribution is 2.42. The van der Waals surface area contributed by atoms with Crippen LogP contribution in [0.4, 0.5) is 0 Å². The van der Waals surface area contributed by atoms with Gasteiger partial charge in [-0.3, -0.25) is 0 Å². The van der Waals surface area contributed by atoms with Crippen LogP contribution in [0.5, 0.6) is 0 Å². The van der Waals surface area contributed by atoms with Crippen molar-refractivity contribution >= 4 is 126 Å². The number of thiophene rings is 1. The Hall–Kier alpha value is -9.52. The molecule has 0 aliphatic carbocycles. The SMILES string of the molecule is c1ccc([Si](c2ccccc2)(c2ccccc2)c2cccc(-n3c4ccccc4c4cc(-n5c6ccc(-c7ccc8sc9ccccc9c8c7)cc6c6cc(-n7c8ccccc8c8ccccc87)ccc65)ccc43)c2)cc1. The van der Waals surface area contributed by atoms with E-state index >= 15 is 0 Å². The average Bonchev–Trinajstić information content (AvgIpc) is 4.44. The molecule has 360 valence electrons. The summed E-state index contributed by atoms with van der Waals surface area (Å²) >= 11 is 1.87. The predicted molar refractivity (Wildman–Crippen MR) is 331 cm³/mol. The summed E-state index contributed by atoms with van der Waals surface area (Å²) in [7, 11) is -2.79. The third kappa shape index (κ3) is 6.61. The summed E-state index contributed by atoms with van der Waals surface area (Å²) in [5.74, 6) is 0. The zero-order valence-electron chi connectivity index (χ0n) is 41.9. The van der Waals surface area contributed by atoms with Crippen molar-refractivity contribution in [3.8, 4) is 28.2 Å². The zero-order chi connectivity index (χ0) is 50.6. The van der Waals surface area contributed by atoms with Crippen LogP contribution in [0, 0.1) is 0 Å². The second-order valence-electron chi connectivity index (χ2n) is 20.4. The molecule has 16 aromatic rings. The molecule has 16 rings (SSSR count). The van der Waals surface area contributed by atoms with E-state index in [-0.39, 0.29) is 0 Å². The average molecular weight is 1010 g/mol. The van der Waals surface area contributed by atoms with Crippen molar-refractivity contribution in [2.24, 2.45) is 0 Å². The molecule has 0 radical (unpaired) electrons. The number of hydrogen-bond donors (Lipinski definition) is 0. The monoisotopic (exact) mass is 1010 g/mol. The van der Waals surface area contributed by atoms with Crippen LogP contribution in [0.15, 0.2) is 285 Å². The van der Waals surface area contributed by atoms with Gasteiger partial charge in [-0.15, -0.1) is 11.3 Å². The first-order chi connectivity index (χ1) is 38.2. The number of rotatable bonds is 8. The fourth-order valence-corrected chi connectivity index (χ4v) is 18.9. The van der Waals surface area contributed by atoms with Crippen LogP contribution >= 0.6 is 11.3 Å². The van der Waals surface area contributed by atoms with Crippen LogP contribution in [0.3, 0.4) is 0 Å². The van der Waals surface area contributed by atoms with Crippen LogP contribution in [0.2, 0.25) is 0 Å². The lowest BCUT2D eigenvalue weighted by Crippen LogP contribution is -2.74. The Morgan fingerprint density at radius 3 is 1.13 bits per heavy atom. The first-order valence-corrected chi connectivity index (χ1v) is 29.3.